The zero-order chi connectivity index (χ0) is 18.5. The second-order valence-electron chi connectivity index (χ2n) is 5.65. The second-order valence-corrected chi connectivity index (χ2v) is 6.82. The zero-order valence-corrected chi connectivity index (χ0v) is 14.9. The van der Waals surface area contributed by atoms with Gasteiger partial charge in [0, 0.05) is 10.6 Å². The van der Waals surface area contributed by atoms with E-state index in [1.165, 1.54) is 23.9 Å². The maximum atomic E-state index is 12.9. The van der Waals surface area contributed by atoms with Gasteiger partial charge in [0.1, 0.15) is 5.82 Å². The lowest BCUT2D eigenvalue weighted by molar-refractivity contribution is -0.148. The highest BCUT2D eigenvalue weighted by Crippen LogP contribution is 2.20. The molecule has 1 heterocycles. The van der Waals surface area contributed by atoms with Crippen LogP contribution in [0.4, 0.5) is 4.39 Å². The van der Waals surface area contributed by atoms with Crippen molar-refractivity contribution in [2.75, 3.05) is 5.75 Å². The summed E-state index contributed by atoms with van der Waals surface area (Å²) in [6.07, 6.45) is -0.458. The predicted octanol–water partition coefficient (Wildman–Crippen LogP) is 3.85. The van der Waals surface area contributed by atoms with Gasteiger partial charge < -0.3 is 9.72 Å². The molecule has 1 atom stereocenters. The van der Waals surface area contributed by atoms with Crippen LogP contribution in [0.15, 0.2) is 58.2 Å². The minimum absolute atomic E-state index is 0.199. The summed E-state index contributed by atoms with van der Waals surface area (Å²) in [5.41, 5.74) is 0.293. The molecule has 0 unspecified atom stereocenters. The quantitative estimate of drug-likeness (QED) is 0.526. The van der Waals surface area contributed by atoms with Crippen LogP contribution in [0.2, 0.25) is 0 Å². The van der Waals surface area contributed by atoms with Crippen molar-refractivity contribution >= 4 is 28.6 Å². The third kappa shape index (κ3) is 4.49. The first-order chi connectivity index (χ1) is 12.5. The second kappa shape index (κ2) is 8.14. The van der Waals surface area contributed by atoms with E-state index in [-0.39, 0.29) is 23.8 Å². The van der Waals surface area contributed by atoms with Crippen molar-refractivity contribution in [3.05, 3.63) is 70.5 Å². The number of hydrogen-bond acceptors (Lipinski definition) is 5. The van der Waals surface area contributed by atoms with Gasteiger partial charge in [0.25, 0.3) is 5.56 Å². The Bertz CT molecular complexity index is 972. The number of halogens is 1. The molecule has 0 aliphatic rings. The summed E-state index contributed by atoms with van der Waals surface area (Å²) in [7, 11) is 0. The van der Waals surface area contributed by atoms with Crippen LogP contribution in [-0.4, -0.2) is 21.7 Å². The Morgan fingerprint density at radius 2 is 1.96 bits per heavy atom. The fourth-order valence-electron chi connectivity index (χ4n) is 2.39. The number of nitrogens with zero attached hydrogens (tertiary/aromatic N) is 1. The van der Waals surface area contributed by atoms with E-state index in [9.17, 15) is 14.0 Å². The van der Waals surface area contributed by atoms with Gasteiger partial charge in [-0.3, -0.25) is 9.59 Å². The highest BCUT2D eigenvalue weighted by Gasteiger charge is 2.15. The normalized spacial score (nSPS) is 12.1. The van der Waals surface area contributed by atoms with Crippen molar-refractivity contribution in [3.63, 3.8) is 0 Å². The molecule has 1 aromatic heterocycles. The van der Waals surface area contributed by atoms with E-state index in [0.717, 1.165) is 4.90 Å². The minimum Gasteiger partial charge on any atom is -0.454 e. The Labute approximate surface area is 153 Å². The van der Waals surface area contributed by atoms with Gasteiger partial charge in [-0.05, 0) is 43.3 Å². The fraction of sp³-hybridized carbons (Fsp3) is 0.211. The molecule has 2 aromatic carbocycles. The van der Waals surface area contributed by atoms with Crippen molar-refractivity contribution in [1.82, 2.24) is 9.97 Å². The van der Waals surface area contributed by atoms with Crippen LogP contribution < -0.4 is 5.56 Å². The Morgan fingerprint density at radius 1 is 1.23 bits per heavy atom. The van der Waals surface area contributed by atoms with E-state index < -0.39 is 6.10 Å². The van der Waals surface area contributed by atoms with E-state index in [4.69, 9.17) is 4.74 Å². The molecular weight excluding hydrogens is 355 g/mol. The number of carbonyl (C=O) groups excluding carboxylic acids is 1. The van der Waals surface area contributed by atoms with Gasteiger partial charge in [0.15, 0.2) is 11.9 Å². The van der Waals surface area contributed by atoms with Crippen molar-refractivity contribution in [1.29, 1.82) is 0 Å². The molecule has 0 amide bonds. The van der Waals surface area contributed by atoms with Crippen LogP contribution in [0.3, 0.4) is 0 Å². The lowest BCUT2D eigenvalue weighted by Gasteiger charge is -2.13. The molecule has 1 N–H and O–H groups in total. The lowest BCUT2D eigenvalue weighted by atomic mass is 10.2. The fourth-order valence-corrected chi connectivity index (χ4v) is 3.22. The largest absolute Gasteiger partial charge is 0.454 e. The smallest absolute Gasteiger partial charge is 0.307 e. The molecule has 0 saturated carbocycles. The van der Waals surface area contributed by atoms with Crippen LogP contribution in [0.25, 0.3) is 10.9 Å². The number of thioether (sulfide) groups is 1. The van der Waals surface area contributed by atoms with Gasteiger partial charge in [0.05, 0.1) is 17.3 Å². The van der Waals surface area contributed by atoms with Crippen molar-refractivity contribution < 1.29 is 13.9 Å². The summed E-state index contributed by atoms with van der Waals surface area (Å²) in [5, 5.41) is 0.491. The average Bonchev–Trinajstić information content (AvgIpc) is 2.63. The number of H-pyrrole nitrogens is 1. The van der Waals surface area contributed by atoms with Crippen molar-refractivity contribution in [3.8, 4) is 0 Å². The molecular formula is C19H17FN2O3S. The van der Waals surface area contributed by atoms with E-state index >= 15 is 0 Å². The number of aromatic amines is 1. The number of esters is 1. The summed E-state index contributed by atoms with van der Waals surface area (Å²) >= 11 is 1.44. The molecule has 3 rings (SSSR count). The highest BCUT2D eigenvalue weighted by atomic mass is 32.2. The van der Waals surface area contributed by atoms with Gasteiger partial charge >= 0.3 is 5.97 Å². The van der Waals surface area contributed by atoms with Gasteiger partial charge in [-0.15, -0.1) is 11.8 Å². The first-order valence-corrected chi connectivity index (χ1v) is 9.08. The van der Waals surface area contributed by atoms with E-state index in [2.05, 4.69) is 9.97 Å². The van der Waals surface area contributed by atoms with Gasteiger partial charge in [0.2, 0.25) is 0 Å². The molecule has 134 valence electrons. The topological polar surface area (TPSA) is 72.0 Å². The third-order valence-corrected chi connectivity index (χ3v) is 4.73. The number of benzene rings is 2. The Morgan fingerprint density at radius 3 is 2.73 bits per heavy atom. The molecule has 0 spiro atoms. The summed E-state index contributed by atoms with van der Waals surface area (Å²) in [6.45, 7) is 1.66. The number of aromatic nitrogens is 2. The van der Waals surface area contributed by atoms with Crippen LogP contribution in [0.1, 0.15) is 25.3 Å². The Balaban J connectivity index is 1.57. The third-order valence-electron chi connectivity index (χ3n) is 3.71. The van der Waals surface area contributed by atoms with Gasteiger partial charge in [-0.1, -0.05) is 12.1 Å². The Hall–Kier alpha value is -2.67. The standard InChI is InChI=1S/C19H17FN2O3S/c1-12(18-21-16-5-3-2-4-15(16)19(24)22-18)25-17(23)10-11-26-14-8-6-13(20)7-9-14/h2-9,12H,10-11H2,1H3,(H,21,22,24)/t12-/m1/s1. The van der Waals surface area contributed by atoms with Crippen LogP contribution in [0, 0.1) is 5.82 Å². The number of ether oxygens (including phenoxy) is 1. The molecule has 0 aliphatic heterocycles. The van der Waals surface area contributed by atoms with Crippen molar-refractivity contribution in [2.45, 2.75) is 24.3 Å². The molecule has 0 fully saturated rings. The summed E-state index contributed by atoms with van der Waals surface area (Å²) < 4.78 is 18.2. The molecule has 0 radical (unpaired) electrons. The van der Waals surface area contributed by atoms with Crippen molar-refractivity contribution in [2.24, 2.45) is 0 Å². The average molecular weight is 372 g/mol. The van der Waals surface area contributed by atoms with Crippen LogP contribution >= 0.6 is 11.8 Å². The summed E-state index contributed by atoms with van der Waals surface area (Å²) in [5.74, 6) is 0.148. The number of hydrogen-bond donors (Lipinski definition) is 1. The predicted molar refractivity (Wildman–Crippen MR) is 98.6 cm³/mol. The molecule has 0 aliphatic carbocycles. The van der Waals surface area contributed by atoms with E-state index in [0.29, 0.717) is 22.5 Å². The molecule has 0 saturated heterocycles. The lowest BCUT2D eigenvalue weighted by Crippen LogP contribution is -2.17. The number of nitrogens with one attached hydrogen (secondary N) is 1. The SMILES string of the molecule is C[C@@H](OC(=O)CCSc1ccc(F)cc1)c1nc2ccccc2c(=O)[nH]1. The van der Waals surface area contributed by atoms with Crippen LogP contribution in [-0.2, 0) is 9.53 Å². The van der Waals surface area contributed by atoms with Crippen LogP contribution in [0.5, 0.6) is 0 Å². The highest BCUT2D eigenvalue weighted by molar-refractivity contribution is 7.99. The summed E-state index contributed by atoms with van der Waals surface area (Å²) in [6, 6.07) is 13.1. The maximum Gasteiger partial charge on any atom is 0.307 e. The molecule has 0 bridgehead atoms. The molecule has 26 heavy (non-hydrogen) atoms. The summed E-state index contributed by atoms with van der Waals surface area (Å²) in [4.78, 5) is 32.0. The zero-order valence-electron chi connectivity index (χ0n) is 14.1. The Kier molecular flexibility index (Phi) is 5.68. The number of para-hydroxylation sites is 1. The van der Waals surface area contributed by atoms with Gasteiger partial charge in [-0.25, -0.2) is 9.37 Å². The first kappa shape index (κ1) is 18.1. The maximum absolute atomic E-state index is 12.9. The number of fused-ring (bicyclic) bond motifs is 1. The number of rotatable bonds is 6. The van der Waals surface area contributed by atoms with E-state index in [1.807, 2.05) is 0 Å². The molecule has 7 heteroatoms. The number of carbonyl (C=O) groups is 1. The van der Waals surface area contributed by atoms with E-state index in [1.54, 1.807) is 43.3 Å². The minimum atomic E-state index is -0.657. The first-order valence-electron chi connectivity index (χ1n) is 8.10. The monoisotopic (exact) mass is 372 g/mol. The molecule has 3 aromatic rings. The van der Waals surface area contributed by atoms with Gasteiger partial charge in [-0.2, -0.15) is 0 Å². The molecule has 5 nitrogen and oxygen atoms in total.